The third-order valence-electron chi connectivity index (χ3n) is 2.97. The Bertz CT molecular complexity index is 443. The van der Waals surface area contributed by atoms with E-state index in [1.807, 2.05) is 6.07 Å². The highest BCUT2D eigenvalue weighted by molar-refractivity contribution is 5.63. The predicted octanol–water partition coefficient (Wildman–Crippen LogP) is 1.63. The number of benzene rings is 1. The molecule has 0 spiro atoms. The van der Waals surface area contributed by atoms with Gasteiger partial charge in [-0.3, -0.25) is 0 Å². The van der Waals surface area contributed by atoms with Gasteiger partial charge >= 0.3 is 0 Å². The number of hydrogen-bond acceptors (Lipinski definition) is 5. The molecule has 0 saturated heterocycles. The molecule has 19 heavy (non-hydrogen) atoms. The Morgan fingerprint density at radius 2 is 2.11 bits per heavy atom. The van der Waals surface area contributed by atoms with Gasteiger partial charge < -0.3 is 20.1 Å². The maximum absolute atomic E-state index is 9.04. The number of nitrogens with zero attached hydrogens (tertiary/aromatic N) is 2. The van der Waals surface area contributed by atoms with Crippen molar-refractivity contribution in [3.8, 4) is 6.07 Å². The minimum absolute atomic E-state index is 0.190. The zero-order valence-corrected chi connectivity index (χ0v) is 11.7. The zero-order chi connectivity index (χ0) is 14.3. The average Bonchev–Trinajstić information content (AvgIpc) is 2.41. The Labute approximate surface area is 114 Å². The van der Waals surface area contributed by atoms with E-state index in [0.29, 0.717) is 24.5 Å². The topological polar surface area (TPSA) is 71.5 Å². The Kier molecular flexibility index (Phi) is 6.13. The van der Waals surface area contributed by atoms with Gasteiger partial charge in [0.2, 0.25) is 0 Å². The van der Waals surface area contributed by atoms with E-state index in [0.717, 1.165) is 12.2 Å². The van der Waals surface area contributed by atoms with Crippen molar-refractivity contribution < 1.29 is 9.47 Å². The summed E-state index contributed by atoms with van der Waals surface area (Å²) in [4.78, 5) is 2.15. The number of nitrogens with two attached hydrogens (primary N) is 1. The lowest BCUT2D eigenvalue weighted by molar-refractivity contribution is 0.171. The smallest absolute Gasteiger partial charge is 0.101 e. The van der Waals surface area contributed by atoms with Crippen LogP contribution in [0, 0.1) is 11.3 Å². The Morgan fingerprint density at radius 3 is 2.68 bits per heavy atom. The number of hydrogen-bond donors (Lipinski definition) is 1. The molecule has 5 heteroatoms. The van der Waals surface area contributed by atoms with Crippen LogP contribution in [0.2, 0.25) is 0 Å². The van der Waals surface area contributed by atoms with E-state index in [2.05, 4.69) is 17.9 Å². The van der Waals surface area contributed by atoms with Gasteiger partial charge in [-0.1, -0.05) is 0 Å². The van der Waals surface area contributed by atoms with E-state index in [9.17, 15) is 0 Å². The van der Waals surface area contributed by atoms with Crippen LogP contribution in [-0.4, -0.2) is 40.0 Å². The molecule has 2 N–H and O–H groups in total. The van der Waals surface area contributed by atoms with E-state index >= 15 is 0 Å². The first-order valence-electron chi connectivity index (χ1n) is 6.18. The normalized spacial score (nSPS) is 11.9. The molecular weight excluding hydrogens is 242 g/mol. The van der Waals surface area contributed by atoms with E-state index < -0.39 is 0 Å². The Balaban J connectivity index is 2.99. The molecule has 0 bridgehead atoms. The van der Waals surface area contributed by atoms with Gasteiger partial charge in [0.25, 0.3) is 0 Å². The summed E-state index contributed by atoms with van der Waals surface area (Å²) in [6.07, 6.45) is 0. The molecule has 104 valence electrons. The summed E-state index contributed by atoms with van der Waals surface area (Å²) in [5.41, 5.74) is 7.68. The molecule has 1 aromatic carbocycles. The fourth-order valence-corrected chi connectivity index (χ4v) is 1.94. The zero-order valence-electron chi connectivity index (χ0n) is 11.7. The van der Waals surface area contributed by atoms with Gasteiger partial charge in [-0.15, -0.1) is 0 Å². The first-order chi connectivity index (χ1) is 9.13. The highest BCUT2D eigenvalue weighted by atomic mass is 16.5. The number of rotatable bonds is 7. The largest absolute Gasteiger partial charge is 0.398 e. The number of nitriles is 1. The summed E-state index contributed by atoms with van der Waals surface area (Å²) in [6, 6.07) is 7.77. The van der Waals surface area contributed by atoms with Crippen LogP contribution in [0.5, 0.6) is 0 Å². The summed E-state index contributed by atoms with van der Waals surface area (Å²) in [7, 11) is 3.34. The van der Waals surface area contributed by atoms with Crippen molar-refractivity contribution in [3.63, 3.8) is 0 Å². The van der Waals surface area contributed by atoms with Gasteiger partial charge in [0, 0.05) is 38.2 Å². The van der Waals surface area contributed by atoms with Crippen LogP contribution in [-0.2, 0) is 9.47 Å². The van der Waals surface area contributed by atoms with Crippen molar-refractivity contribution in [2.75, 3.05) is 44.6 Å². The van der Waals surface area contributed by atoms with Gasteiger partial charge in [0.05, 0.1) is 18.8 Å². The molecule has 0 fully saturated rings. The quantitative estimate of drug-likeness (QED) is 0.757. The Morgan fingerprint density at radius 1 is 1.37 bits per heavy atom. The van der Waals surface area contributed by atoms with E-state index in [1.165, 1.54) is 0 Å². The summed E-state index contributed by atoms with van der Waals surface area (Å²) >= 11 is 0. The Hall–Kier alpha value is -1.77. The molecule has 0 aliphatic carbocycles. The molecule has 0 amide bonds. The number of nitrogen functional groups attached to an aromatic ring is 1. The maximum atomic E-state index is 9.04. The molecule has 0 aromatic heterocycles. The second-order valence-corrected chi connectivity index (χ2v) is 4.37. The summed E-state index contributed by atoms with van der Waals surface area (Å²) in [5, 5.41) is 9.04. The fourth-order valence-electron chi connectivity index (χ4n) is 1.94. The SMILES string of the molecule is COCCN(c1ccc(N)c(C#N)c1)C(C)COC. The molecule has 0 saturated carbocycles. The van der Waals surface area contributed by atoms with E-state index in [1.54, 1.807) is 26.4 Å². The lowest BCUT2D eigenvalue weighted by Gasteiger charge is -2.31. The van der Waals surface area contributed by atoms with Crippen molar-refractivity contribution in [2.24, 2.45) is 0 Å². The molecule has 0 radical (unpaired) electrons. The molecule has 1 aromatic rings. The van der Waals surface area contributed by atoms with Crippen molar-refractivity contribution in [1.29, 1.82) is 5.26 Å². The molecule has 1 atom stereocenters. The van der Waals surface area contributed by atoms with Crippen LogP contribution in [0.1, 0.15) is 12.5 Å². The van der Waals surface area contributed by atoms with E-state index in [4.69, 9.17) is 20.5 Å². The highest BCUT2D eigenvalue weighted by Crippen LogP contribution is 2.22. The first kappa shape index (κ1) is 15.3. The van der Waals surface area contributed by atoms with Crippen LogP contribution in [0.25, 0.3) is 0 Å². The van der Waals surface area contributed by atoms with Crippen molar-refractivity contribution >= 4 is 11.4 Å². The van der Waals surface area contributed by atoms with Crippen LogP contribution >= 0.6 is 0 Å². The van der Waals surface area contributed by atoms with Gasteiger partial charge in [0.1, 0.15) is 6.07 Å². The highest BCUT2D eigenvalue weighted by Gasteiger charge is 2.15. The van der Waals surface area contributed by atoms with Gasteiger partial charge in [-0.2, -0.15) is 5.26 Å². The van der Waals surface area contributed by atoms with Crippen molar-refractivity contribution in [3.05, 3.63) is 23.8 Å². The van der Waals surface area contributed by atoms with Crippen LogP contribution < -0.4 is 10.6 Å². The average molecular weight is 263 g/mol. The van der Waals surface area contributed by atoms with Crippen LogP contribution in [0.4, 0.5) is 11.4 Å². The summed E-state index contributed by atoms with van der Waals surface area (Å²) in [6.45, 7) is 4.02. The van der Waals surface area contributed by atoms with Gasteiger partial charge in [-0.25, -0.2) is 0 Å². The minimum atomic E-state index is 0.190. The fraction of sp³-hybridized carbons (Fsp3) is 0.500. The van der Waals surface area contributed by atoms with Gasteiger partial charge in [-0.05, 0) is 25.1 Å². The summed E-state index contributed by atoms with van der Waals surface area (Å²) in [5.74, 6) is 0. The lowest BCUT2D eigenvalue weighted by atomic mass is 10.1. The summed E-state index contributed by atoms with van der Waals surface area (Å²) < 4.78 is 10.3. The molecule has 0 heterocycles. The first-order valence-corrected chi connectivity index (χ1v) is 6.18. The van der Waals surface area contributed by atoms with Crippen molar-refractivity contribution in [2.45, 2.75) is 13.0 Å². The third kappa shape index (κ3) is 4.12. The number of ether oxygens (including phenoxy) is 2. The standard InChI is InChI=1S/C14H21N3O2/c1-11(10-19-3)17(6-7-18-2)13-4-5-14(16)12(8-13)9-15/h4-5,8,11H,6-7,10,16H2,1-3H3. The van der Waals surface area contributed by atoms with Gasteiger partial charge in [0.15, 0.2) is 0 Å². The number of anilines is 2. The van der Waals surface area contributed by atoms with E-state index in [-0.39, 0.29) is 6.04 Å². The number of methoxy groups -OCH3 is 2. The second-order valence-electron chi connectivity index (χ2n) is 4.37. The minimum Gasteiger partial charge on any atom is -0.398 e. The maximum Gasteiger partial charge on any atom is 0.101 e. The molecule has 0 aliphatic rings. The second kappa shape index (κ2) is 7.62. The molecule has 5 nitrogen and oxygen atoms in total. The predicted molar refractivity (Wildman–Crippen MR) is 76.1 cm³/mol. The molecule has 0 aliphatic heterocycles. The molecule has 1 rings (SSSR count). The van der Waals surface area contributed by atoms with Crippen LogP contribution in [0.3, 0.4) is 0 Å². The molecular formula is C14H21N3O2. The monoisotopic (exact) mass is 263 g/mol. The third-order valence-corrected chi connectivity index (χ3v) is 2.97. The molecule has 1 unspecified atom stereocenters. The van der Waals surface area contributed by atoms with Crippen LogP contribution in [0.15, 0.2) is 18.2 Å². The van der Waals surface area contributed by atoms with Crippen molar-refractivity contribution in [1.82, 2.24) is 0 Å². The lowest BCUT2D eigenvalue weighted by Crippen LogP contribution is -2.38.